The molecule has 9 nitrogen and oxygen atoms in total. The highest BCUT2D eigenvalue weighted by molar-refractivity contribution is 7.86. The Labute approximate surface area is 181 Å². The minimum Gasteiger partial charge on any atom is -0.495 e. The Balaban J connectivity index is 1.80. The highest BCUT2D eigenvalue weighted by atomic mass is 35.5. The van der Waals surface area contributed by atoms with Gasteiger partial charge in [0.05, 0.1) is 36.1 Å². The van der Waals surface area contributed by atoms with Crippen molar-refractivity contribution in [3.05, 3.63) is 23.4 Å². The van der Waals surface area contributed by atoms with Crippen LogP contribution in [0.25, 0.3) is 10.9 Å². The van der Waals surface area contributed by atoms with Crippen LogP contribution >= 0.6 is 11.6 Å². The fourth-order valence-corrected chi connectivity index (χ4v) is 4.80. The second-order valence-corrected chi connectivity index (χ2v) is 9.03. The van der Waals surface area contributed by atoms with Gasteiger partial charge in [0, 0.05) is 30.6 Å². The summed E-state index contributed by atoms with van der Waals surface area (Å²) in [6, 6.07) is 2.54. The maximum Gasteiger partial charge on any atom is 0.415 e. The molecule has 0 bridgehead atoms. The molecule has 2 aromatic rings. The Morgan fingerprint density at radius 3 is 2.58 bits per heavy atom. The molecule has 1 aromatic heterocycles. The van der Waals surface area contributed by atoms with Crippen molar-refractivity contribution in [2.75, 3.05) is 31.6 Å². The molecule has 1 saturated heterocycles. The fourth-order valence-electron chi connectivity index (χ4n) is 3.58. The van der Waals surface area contributed by atoms with E-state index in [4.69, 9.17) is 21.5 Å². The Kier molecular flexibility index (Phi) is 6.81. The smallest absolute Gasteiger partial charge is 0.415 e. The number of piperidine rings is 1. The van der Waals surface area contributed by atoms with E-state index in [1.807, 2.05) is 4.90 Å². The van der Waals surface area contributed by atoms with Crippen LogP contribution in [0.1, 0.15) is 12.8 Å². The molecular weight excluding hydrogens is 463 g/mol. The van der Waals surface area contributed by atoms with Crippen LogP contribution in [0, 0.1) is 0 Å². The van der Waals surface area contributed by atoms with E-state index in [0.717, 1.165) is 0 Å². The lowest BCUT2D eigenvalue weighted by Crippen LogP contribution is -2.53. The normalized spacial score (nSPS) is 17.4. The topological polar surface area (TPSA) is 122 Å². The molecule has 1 atom stereocenters. The van der Waals surface area contributed by atoms with Crippen molar-refractivity contribution in [3.63, 3.8) is 0 Å². The van der Waals surface area contributed by atoms with E-state index in [1.165, 1.54) is 13.3 Å². The molecule has 1 fully saturated rings. The number of benzene rings is 1. The Morgan fingerprint density at radius 1 is 1.39 bits per heavy atom. The third-order valence-corrected chi connectivity index (χ3v) is 6.56. The zero-order valence-electron chi connectivity index (χ0n) is 16.4. The van der Waals surface area contributed by atoms with E-state index in [2.05, 4.69) is 10.2 Å². The predicted octanol–water partition coefficient (Wildman–Crippen LogP) is 1.69. The van der Waals surface area contributed by atoms with Crippen LogP contribution < -0.4 is 14.8 Å². The summed E-state index contributed by atoms with van der Waals surface area (Å²) in [5, 5.41) is 23.6. The van der Waals surface area contributed by atoms with Gasteiger partial charge >= 0.3 is 6.18 Å². The van der Waals surface area contributed by atoms with Crippen LogP contribution in [0.2, 0.25) is 5.02 Å². The van der Waals surface area contributed by atoms with Crippen molar-refractivity contribution in [1.29, 1.82) is 0 Å². The number of aliphatic hydroxyl groups excluding tert-OH is 1. The van der Waals surface area contributed by atoms with Crippen molar-refractivity contribution >= 4 is 38.4 Å². The largest absolute Gasteiger partial charge is 0.495 e. The first-order valence-electron chi connectivity index (χ1n) is 9.20. The molecule has 0 spiro atoms. The number of nitrogens with zero attached hydrogens (tertiary/aromatic N) is 4. The van der Waals surface area contributed by atoms with Crippen LogP contribution in [0.5, 0.6) is 5.75 Å². The van der Waals surface area contributed by atoms with Gasteiger partial charge in [-0.1, -0.05) is 11.6 Å². The van der Waals surface area contributed by atoms with Gasteiger partial charge < -0.3 is 14.7 Å². The molecule has 1 unspecified atom stereocenters. The molecule has 0 radical (unpaired) electrons. The monoisotopic (exact) mass is 483 g/mol. The number of hydrogen-bond donors (Lipinski definition) is 2. The molecule has 0 amide bonds. The van der Waals surface area contributed by atoms with Gasteiger partial charge in [0.2, 0.25) is 0 Å². The van der Waals surface area contributed by atoms with Crippen LogP contribution in [-0.4, -0.2) is 73.1 Å². The molecule has 3 N–H and O–H groups in total. The molecule has 1 aromatic carbocycles. The predicted molar refractivity (Wildman–Crippen MR) is 108 cm³/mol. The summed E-state index contributed by atoms with van der Waals surface area (Å²) in [6.45, 7) is -0.505. The summed E-state index contributed by atoms with van der Waals surface area (Å²) in [6.07, 6.45) is -5.83. The van der Waals surface area contributed by atoms with Crippen molar-refractivity contribution in [3.8, 4) is 5.75 Å². The van der Waals surface area contributed by atoms with E-state index in [-0.39, 0.29) is 12.8 Å². The van der Waals surface area contributed by atoms with Crippen molar-refractivity contribution in [2.24, 2.45) is 5.14 Å². The standard InChI is InChI=1S/C17H21ClF3N5O4S/c1-30-15-7-13-11(6-12(15)18)14(8-23-24-13)25-4-2-10(3-5-25)26(31(22,28)29)9-16(27)17(19,20)21/h6-8,10,16,27H,2-5,9H2,1H3,(H2,22,28,29). The Bertz CT molecular complexity index is 1050. The molecule has 0 aliphatic carbocycles. The summed E-state index contributed by atoms with van der Waals surface area (Å²) >= 11 is 6.22. The summed E-state index contributed by atoms with van der Waals surface area (Å²) in [5.41, 5.74) is 1.24. The molecule has 172 valence electrons. The average molecular weight is 484 g/mol. The molecular formula is C17H21ClF3N5O4S. The number of aliphatic hydroxyl groups is 1. The van der Waals surface area contributed by atoms with Crippen molar-refractivity contribution in [2.45, 2.75) is 31.2 Å². The van der Waals surface area contributed by atoms with Gasteiger partial charge in [-0.3, -0.25) is 0 Å². The van der Waals surface area contributed by atoms with Crippen LogP contribution in [0.4, 0.5) is 18.9 Å². The first-order valence-corrected chi connectivity index (χ1v) is 11.1. The van der Waals surface area contributed by atoms with Crippen molar-refractivity contribution in [1.82, 2.24) is 14.5 Å². The molecule has 3 rings (SSSR count). The molecule has 31 heavy (non-hydrogen) atoms. The van der Waals surface area contributed by atoms with Crippen LogP contribution in [-0.2, 0) is 10.2 Å². The minimum atomic E-state index is -4.95. The molecule has 14 heteroatoms. The second kappa shape index (κ2) is 8.90. The lowest BCUT2D eigenvalue weighted by molar-refractivity contribution is -0.206. The molecule has 2 heterocycles. The zero-order chi connectivity index (χ0) is 23.0. The lowest BCUT2D eigenvalue weighted by atomic mass is 10.0. The number of methoxy groups -OCH3 is 1. The van der Waals surface area contributed by atoms with Gasteiger partial charge in [0.1, 0.15) is 5.75 Å². The number of ether oxygens (including phenoxy) is 1. The highest BCUT2D eigenvalue weighted by Gasteiger charge is 2.43. The SMILES string of the molecule is COc1cc2nncc(N3CCC(N(CC(O)C(F)(F)F)S(N)(=O)=O)CC3)c2cc1Cl. The first-order chi connectivity index (χ1) is 14.4. The number of halogens is 4. The summed E-state index contributed by atoms with van der Waals surface area (Å²) in [5.74, 6) is 0.436. The maximum absolute atomic E-state index is 12.7. The Morgan fingerprint density at radius 2 is 2.03 bits per heavy atom. The van der Waals surface area contributed by atoms with Gasteiger partial charge in [-0.05, 0) is 18.9 Å². The van der Waals surface area contributed by atoms with Crippen LogP contribution in [0.15, 0.2) is 18.3 Å². The quantitative estimate of drug-likeness (QED) is 0.641. The first kappa shape index (κ1) is 23.7. The number of aromatic nitrogens is 2. The summed E-state index contributed by atoms with van der Waals surface area (Å²) < 4.78 is 67.7. The van der Waals surface area contributed by atoms with E-state index in [1.54, 1.807) is 12.1 Å². The van der Waals surface area contributed by atoms with E-state index < -0.39 is 35.1 Å². The highest BCUT2D eigenvalue weighted by Crippen LogP contribution is 2.35. The van der Waals surface area contributed by atoms with E-state index >= 15 is 0 Å². The molecule has 1 aliphatic heterocycles. The zero-order valence-corrected chi connectivity index (χ0v) is 18.0. The van der Waals surface area contributed by atoms with Gasteiger partial charge in [0.15, 0.2) is 6.10 Å². The van der Waals surface area contributed by atoms with Gasteiger partial charge in [0.25, 0.3) is 10.2 Å². The number of anilines is 1. The summed E-state index contributed by atoms with van der Waals surface area (Å²) in [7, 11) is -2.97. The number of rotatable bonds is 6. The minimum absolute atomic E-state index is 0.203. The van der Waals surface area contributed by atoms with E-state index in [9.17, 15) is 26.7 Å². The Hall–Kier alpha value is -1.93. The average Bonchev–Trinajstić information content (AvgIpc) is 2.69. The molecule has 1 aliphatic rings. The number of fused-ring (bicyclic) bond motifs is 1. The fraction of sp³-hybridized carbons (Fsp3) is 0.529. The summed E-state index contributed by atoms with van der Waals surface area (Å²) in [4.78, 5) is 1.91. The van der Waals surface area contributed by atoms with Crippen molar-refractivity contribution < 1.29 is 31.4 Å². The van der Waals surface area contributed by atoms with Gasteiger partial charge in [-0.2, -0.15) is 36.1 Å². The third-order valence-electron chi connectivity index (χ3n) is 5.16. The number of alkyl halides is 3. The lowest BCUT2D eigenvalue weighted by Gasteiger charge is -2.38. The van der Waals surface area contributed by atoms with Gasteiger partial charge in [-0.25, -0.2) is 5.14 Å². The van der Waals surface area contributed by atoms with E-state index in [0.29, 0.717) is 44.8 Å². The number of hydrogen-bond acceptors (Lipinski definition) is 7. The molecule has 0 saturated carbocycles. The van der Waals surface area contributed by atoms with Crippen LogP contribution in [0.3, 0.4) is 0 Å². The second-order valence-electron chi connectivity index (χ2n) is 7.12. The van der Waals surface area contributed by atoms with Gasteiger partial charge in [-0.15, -0.1) is 0 Å². The maximum atomic E-state index is 12.7. The number of nitrogens with two attached hydrogens (primary N) is 1. The third kappa shape index (κ3) is 5.29.